The lowest BCUT2D eigenvalue weighted by Gasteiger charge is -2.20. The van der Waals surface area contributed by atoms with Crippen LogP contribution in [0.3, 0.4) is 0 Å². The summed E-state index contributed by atoms with van der Waals surface area (Å²) in [6, 6.07) is 7.17. The van der Waals surface area contributed by atoms with Gasteiger partial charge in [0.05, 0.1) is 7.11 Å². The molecule has 1 aromatic rings. The number of methoxy groups -OCH3 is 1. The molecule has 2 rings (SSSR count). The van der Waals surface area contributed by atoms with Crippen LogP contribution in [0.15, 0.2) is 24.3 Å². The molecule has 1 aromatic carbocycles. The third-order valence-corrected chi connectivity index (χ3v) is 4.41. The van der Waals surface area contributed by atoms with Crippen LogP contribution >= 0.6 is 0 Å². The van der Waals surface area contributed by atoms with E-state index in [-0.39, 0.29) is 11.9 Å². The van der Waals surface area contributed by atoms with E-state index in [1.165, 1.54) is 4.90 Å². The maximum atomic E-state index is 11.9. The minimum absolute atomic E-state index is 0.125. The number of nitrogens with one attached hydrogen (secondary N) is 2. The topological polar surface area (TPSA) is 73.9 Å². The lowest BCUT2D eigenvalue weighted by atomic mass is 10.1. The Labute approximate surface area is 149 Å². The summed E-state index contributed by atoms with van der Waals surface area (Å²) in [6.45, 7) is 4.12. The van der Waals surface area contributed by atoms with Gasteiger partial charge >= 0.3 is 6.03 Å². The van der Waals surface area contributed by atoms with E-state index in [1.54, 1.807) is 28.1 Å². The fourth-order valence-corrected chi connectivity index (χ4v) is 2.97. The van der Waals surface area contributed by atoms with Gasteiger partial charge in [0.1, 0.15) is 11.8 Å². The van der Waals surface area contributed by atoms with Gasteiger partial charge < -0.3 is 25.2 Å². The van der Waals surface area contributed by atoms with Crippen LogP contribution in [0.1, 0.15) is 13.3 Å². The Kier molecular flexibility index (Phi) is 6.50. The molecule has 7 heteroatoms. The van der Waals surface area contributed by atoms with Gasteiger partial charge in [0.15, 0.2) is 0 Å². The molecule has 1 aliphatic rings. The van der Waals surface area contributed by atoms with Crippen molar-refractivity contribution in [3.05, 3.63) is 24.3 Å². The molecule has 0 saturated carbocycles. The third kappa shape index (κ3) is 5.27. The summed E-state index contributed by atoms with van der Waals surface area (Å²) in [5.74, 6) is 1.11. The number of likely N-dealkylation sites (N-methyl/N-ethyl adjacent to an activating group) is 1. The zero-order chi connectivity index (χ0) is 18.4. The first-order valence-electron chi connectivity index (χ1n) is 8.55. The molecule has 7 nitrogen and oxygen atoms in total. The molecule has 0 aromatic heterocycles. The summed E-state index contributed by atoms with van der Waals surface area (Å²) >= 11 is 0. The van der Waals surface area contributed by atoms with Crippen LogP contribution in [0.4, 0.5) is 10.5 Å². The van der Waals surface area contributed by atoms with Gasteiger partial charge in [0.25, 0.3) is 0 Å². The summed E-state index contributed by atoms with van der Waals surface area (Å²) in [5.41, 5.74) is 1.14. The fraction of sp³-hybridized carbons (Fsp3) is 0.556. The Morgan fingerprint density at radius 2 is 2.16 bits per heavy atom. The Bertz CT molecular complexity index is 606. The molecule has 1 heterocycles. The number of urea groups is 1. The van der Waals surface area contributed by atoms with Crippen molar-refractivity contribution >= 4 is 17.6 Å². The van der Waals surface area contributed by atoms with E-state index in [0.29, 0.717) is 12.5 Å². The smallest absolute Gasteiger partial charge is 0.315 e. The Morgan fingerprint density at radius 1 is 1.40 bits per heavy atom. The zero-order valence-electron chi connectivity index (χ0n) is 15.4. The number of hydrogen-bond acceptors (Lipinski definition) is 4. The predicted octanol–water partition coefficient (Wildman–Crippen LogP) is 1.30. The zero-order valence-corrected chi connectivity index (χ0v) is 15.4. The van der Waals surface area contributed by atoms with Crippen LogP contribution in [0, 0.1) is 5.92 Å². The molecule has 0 bridgehead atoms. The number of carbonyl (C=O) groups excluding carboxylic acids is 2. The second-order valence-electron chi connectivity index (χ2n) is 6.61. The lowest BCUT2D eigenvalue weighted by Crippen LogP contribution is -2.48. The molecule has 2 N–H and O–H groups in total. The monoisotopic (exact) mass is 348 g/mol. The first kappa shape index (κ1) is 18.9. The maximum Gasteiger partial charge on any atom is 0.315 e. The fourth-order valence-electron chi connectivity index (χ4n) is 2.97. The van der Waals surface area contributed by atoms with Crippen molar-refractivity contribution in [1.82, 2.24) is 15.5 Å². The van der Waals surface area contributed by atoms with E-state index in [2.05, 4.69) is 21.6 Å². The summed E-state index contributed by atoms with van der Waals surface area (Å²) in [4.78, 5) is 27.5. The van der Waals surface area contributed by atoms with Crippen molar-refractivity contribution < 1.29 is 14.3 Å². The van der Waals surface area contributed by atoms with Crippen molar-refractivity contribution in [2.24, 2.45) is 5.92 Å². The van der Waals surface area contributed by atoms with Crippen LogP contribution in [0.5, 0.6) is 5.75 Å². The highest BCUT2D eigenvalue weighted by molar-refractivity contribution is 5.86. The molecule has 0 aliphatic carbocycles. The van der Waals surface area contributed by atoms with Crippen molar-refractivity contribution in [3.63, 3.8) is 0 Å². The molecule has 3 amide bonds. The highest BCUT2D eigenvalue weighted by Crippen LogP contribution is 2.26. The molecule has 0 spiro atoms. The summed E-state index contributed by atoms with van der Waals surface area (Å²) in [6.07, 6.45) is 1.02. The summed E-state index contributed by atoms with van der Waals surface area (Å²) < 4.78 is 5.27. The Morgan fingerprint density at radius 3 is 2.84 bits per heavy atom. The normalized spacial score (nSPS) is 17.8. The number of rotatable bonds is 6. The Balaban J connectivity index is 1.77. The van der Waals surface area contributed by atoms with Gasteiger partial charge in [-0.25, -0.2) is 4.79 Å². The van der Waals surface area contributed by atoms with Crippen LogP contribution in [0.2, 0.25) is 0 Å². The minimum atomic E-state index is -0.535. The molecule has 0 unspecified atom stereocenters. The first-order valence-corrected chi connectivity index (χ1v) is 8.55. The van der Waals surface area contributed by atoms with Gasteiger partial charge in [-0.2, -0.15) is 0 Å². The van der Waals surface area contributed by atoms with Gasteiger partial charge in [0, 0.05) is 45.5 Å². The molecule has 1 aliphatic heterocycles. The molecule has 138 valence electrons. The first-order chi connectivity index (χ1) is 11.9. The number of ether oxygens (including phenoxy) is 1. The molecule has 0 radical (unpaired) electrons. The molecule has 2 atom stereocenters. The van der Waals surface area contributed by atoms with Gasteiger partial charge in [-0.3, -0.25) is 4.79 Å². The van der Waals surface area contributed by atoms with Crippen molar-refractivity contribution in [2.45, 2.75) is 19.4 Å². The van der Waals surface area contributed by atoms with Crippen LogP contribution in [0.25, 0.3) is 0 Å². The van der Waals surface area contributed by atoms with E-state index in [1.807, 2.05) is 18.2 Å². The highest BCUT2D eigenvalue weighted by Gasteiger charge is 2.24. The molecular weight excluding hydrogens is 320 g/mol. The Hall–Kier alpha value is -2.44. The largest absolute Gasteiger partial charge is 0.497 e. The summed E-state index contributed by atoms with van der Waals surface area (Å²) in [5, 5.41) is 5.54. The van der Waals surface area contributed by atoms with E-state index in [4.69, 9.17) is 4.74 Å². The molecule has 1 saturated heterocycles. The maximum absolute atomic E-state index is 11.9. The van der Waals surface area contributed by atoms with Gasteiger partial charge in [0.2, 0.25) is 5.91 Å². The average Bonchev–Trinajstić information content (AvgIpc) is 3.08. The summed E-state index contributed by atoms with van der Waals surface area (Å²) in [7, 11) is 5.00. The van der Waals surface area contributed by atoms with E-state index in [9.17, 15) is 9.59 Å². The third-order valence-electron chi connectivity index (χ3n) is 4.41. The van der Waals surface area contributed by atoms with Crippen molar-refractivity contribution in [2.75, 3.05) is 45.7 Å². The van der Waals surface area contributed by atoms with Gasteiger partial charge in [-0.05, 0) is 31.4 Å². The number of carbonyl (C=O) groups is 2. The minimum Gasteiger partial charge on any atom is -0.497 e. The lowest BCUT2D eigenvalue weighted by molar-refractivity contribution is -0.130. The quantitative estimate of drug-likeness (QED) is 0.813. The van der Waals surface area contributed by atoms with Crippen molar-refractivity contribution in [1.29, 1.82) is 0 Å². The van der Waals surface area contributed by atoms with Crippen LogP contribution < -0.4 is 20.3 Å². The molecule has 1 fully saturated rings. The predicted molar refractivity (Wildman–Crippen MR) is 98.0 cm³/mol. The second kappa shape index (κ2) is 8.60. The van der Waals surface area contributed by atoms with Gasteiger partial charge in [-0.1, -0.05) is 6.07 Å². The van der Waals surface area contributed by atoms with E-state index >= 15 is 0 Å². The SMILES string of the molecule is COc1cccc(N2CC[C@@H](CNC(=O)N[C@H](C)C(=O)N(C)C)C2)c1. The second-order valence-corrected chi connectivity index (χ2v) is 6.61. The van der Waals surface area contributed by atoms with Crippen LogP contribution in [-0.4, -0.2) is 63.7 Å². The number of benzene rings is 1. The standard InChI is InChI=1S/C18H28N4O3/c1-13(17(23)21(2)3)20-18(24)19-11-14-8-9-22(12-14)15-6-5-7-16(10-15)25-4/h5-7,10,13-14H,8-9,11-12H2,1-4H3,(H2,19,20,24)/t13-,14+/m1/s1. The van der Waals surface area contributed by atoms with Gasteiger partial charge in [-0.15, -0.1) is 0 Å². The number of hydrogen-bond donors (Lipinski definition) is 2. The van der Waals surface area contributed by atoms with Crippen molar-refractivity contribution in [3.8, 4) is 5.75 Å². The highest BCUT2D eigenvalue weighted by atomic mass is 16.5. The van der Waals surface area contributed by atoms with Crippen LogP contribution in [-0.2, 0) is 4.79 Å². The molecule has 25 heavy (non-hydrogen) atoms. The number of nitrogens with zero attached hydrogens (tertiary/aromatic N) is 2. The van der Waals surface area contributed by atoms with E-state index in [0.717, 1.165) is 30.9 Å². The number of anilines is 1. The average molecular weight is 348 g/mol. The number of amides is 3. The molecular formula is C18H28N4O3. The van der Waals surface area contributed by atoms with E-state index < -0.39 is 6.04 Å².